The van der Waals surface area contributed by atoms with E-state index in [0.29, 0.717) is 0 Å². The van der Waals surface area contributed by atoms with E-state index < -0.39 is 0 Å². The zero-order valence-corrected chi connectivity index (χ0v) is 21.7. The summed E-state index contributed by atoms with van der Waals surface area (Å²) in [5, 5.41) is 0. The van der Waals surface area contributed by atoms with E-state index in [4.69, 9.17) is 9.97 Å². The van der Waals surface area contributed by atoms with Crippen LogP contribution < -0.4 is 9.45 Å². The first kappa shape index (κ1) is 21.1. The summed E-state index contributed by atoms with van der Waals surface area (Å²) >= 11 is 0.464. The van der Waals surface area contributed by atoms with E-state index in [1.54, 1.807) is 0 Å². The number of hydrogen-bond donors (Lipinski definition) is 0. The van der Waals surface area contributed by atoms with Crippen molar-refractivity contribution in [3.63, 3.8) is 0 Å². The topological polar surface area (TPSA) is 35.6 Å². The predicted molar refractivity (Wildman–Crippen MR) is 126 cm³/mol. The van der Waals surface area contributed by atoms with Crippen LogP contribution in [0, 0.1) is 41.5 Å². The Morgan fingerprint density at radius 1 is 0.567 bits per heavy atom. The molecule has 0 unspecified atom stereocenters. The van der Waals surface area contributed by atoms with E-state index in [1.165, 1.54) is 44.8 Å². The van der Waals surface area contributed by atoms with Crippen molar-refractivity contribution in [2.24, 2.45) is 0 Å². The first-order valence-electron chi connectivity index (χ1n) is 9.93. The molecule has 0 amide bonds. The summed E-state index contributed by atoms with van der Waals surface area (Å²) < 4.78 is 6.87. The quantitative estimate of drug-likeness (QED) is 0.374. The Balaban J connectivity index is 1.64. The van der Waals surface area contributed by atoms with Crippen molar-refractivity contribution in [2.75, 3.05) is 0 Å². The van der Waals surface area contributed by atoms with Crippen LogP contribution in [-0.4, -0.2) is 45.4 Å². The minimum atomic E-state index is 0.232. The number of aromatic nitrogens is 4. The van der Waals surface area contributed by atoms with Crippen LogP contribution in [-0.2, 0) is 0 Å². The second-order valence-electron chi connectivity index (χ2n) is 7.82. The second-order valence-corrected chi connectivity index (χ2v) is 13.7. The summed E-state index contributed by atoms with van der Waals surface area (Å²) in [5.74, 6) is 0. The predicted octanol–water partition coefficient (Wildman–Crippen LogP) is 3.18. The summed E-state index contributed by atoms with van der Waals surface area (Å²) in [6.07, 6.45) is 8.04. The van der Waals surface area contributed by atoms with Gasteiger partial charge in [0, 0.05) is 0 Å². The molecule has 2 aromatic carbocycles. The van der Waals surface area contributed by atoms with E-state index in [9.17, 15) is 0 Å². The fourth-order valence-electron chi connectivity index (χ4n) is 4.22. The Labute approximate surface area is 189 Å². The van der Waals surface area contributed by atoms with E-state index in [1.807, 2.05) is 12.4 Å². The van der Waals surface area contributed by atoms with Crippen molar-refractivity contribution < 1.29 is 0 Å². The summed E-state index contributed by atoms with van der Waals surface area (Å²) in [6, 6.07) is 9.00. The van der Waals surface area contributed by atoms with E-state index in [2.05, 4.69) is 87.3 Å². The molecule has 6 heteroatoms. The minimum absolute atomic E-state index is 0.232. The number of aryl methyl sites for hydroxylation is 6. The molecule has 0 spiro atoms. The van der Waals surface area contributed by atoms with Gasteiger partial charge in [0.25, 0.3) is 0 Å². The van der Waals surface area contributed by atoms with Gasteiger partial charge in [0.1, 0.15) is 0 Å². The molecule has 0 fully saturated rings. The summed E-state index contributed by atoms with van der Waals surface area (Å²) in [6.45, 7) is 13.1. The third-order valence-corrected chi connectivity index (χ3v) is 11.4. The SMILES string of the molecule is Cc1cc(C)c(-n2ccnc2[Se][Se]c2nccn2-c2c(C)cc(C)cc2C)c(C)c1. The van der Waals surface area contributed by atoms with Gasteiger partial charge < -0.3 is 0 Å². The van der Waals surface area contributed by atoms with Crippen LogP contribution in [0.1, 0.15) is 33.4 Å². The molecule has 2 aromatic heterocycles. The Morgan fingerprint density at radius 2 is 0.900 bits per heavy atom. The monoisotopic (exact) mass is 530 g/mol. The van der Waals surface area contributed by atoms with Crippen LogP contribution in [0.15, 0.2) is 49.1 Å². The van der Waals surface area contributed by atoms with Gasteiger partial charge >= 0.3 is 190 Å². The van der Waals surface area contributed by atoms with Gasteiger partial charge in [0.2, 0.25) is 0 Å². The zero-order valence-electron chi connectivity index (χ0n) is 18.2. The molecule has 4 aromatic rings. The van der Waals surface area contributed by atoms with Gasteiger partial charge in [0.05, 0.1) is 0 Å². The molecule has 30 heavy (non-hydrogen) atoms. The molecule has 0 aliphatic rings. The Bertz CT molecular complexity index is 1080. The van der Waals surface area contributed by atoms with Gasteiger partial charge in [-0.2, -0.15) is 0 Å². The van der Waals surface area contributed by atoms with Crippen molar-refractivity contribution in [2.45, 2.75) is 41.5 Å². The van der Waals surface area contributed by atoms with Crippen LogP contribution in [0.5, 0.6) is 0 Å². The first-order chi connectivity index (χ1) is 14.3. The average molecular weight is 528 g/mol. The van der Waals surface area contributed by atoms with Gasteiger partial charge in [-0.3, -0.25) is 0 Å². The van der Waals surface area contributed by atoms with Crippen molar-refractivity contribution in [3.8, 4) is 11.4 Å². The fourth-order valence-corrected chi connectivity index (χ4v) is 10.3. The molecule has 154 valence electrons. The van der Waals surface area contributed by atoms with E-state index >= 15 is 0 Å². The molecular weight excluding hydrogens is 502 g/mol. The maximum atomic E-state index is 4.72. The number of benzene rings is 2. The summed E-state index contributed by atoms with van der Waals surface area (Å²) in [5.41, 5.74) is 10.3. The molecule has 4 rings (SSSR count). The molecule has 0 N–H and O–H groups in total. The fraction of sp³-hybridized carbons (Fsp3) is 0.250. The molecule has 4 nitrogen and oxygen atoms in total. The van der Waals surface area contributed by atoms with Crippen LogP contribution in [0.4, 0.5) is 0 Å². The normalized spacial score (nSPS) is 11.3. The Hall–Kier alpha value is -2.10. The number of rotatable bonds is 5. The zero-order chi connectivity index (χ0) is 21.4. The third-order valence-electron chi connectivity index (χ3n) is 5.16. The number of nitrogens with zero attached hydrogens (tertiary/aromatic N) is 4. The van der Waals surface area contributed by atoms with Crippen LogP contribution in [0.3, 0.4) is 0 Å². The first-order valence-corrected chi connectivity index (χ1v) is 16.0. The van der Waals surface area contributed by atoms with Gasteiger partial charge in [-0.25, -0.2) is 0 Å². The molecule has 0 saturated heterocycles. The Kier molecular flexibility index (Phi) is 6.04. The van der Waals surface area contributed by atoms with Crippen LogP contribution in [0.25, 0.3) is 11.4 Å². The molecular formula is C24H26N4Se2. The molecule has 2 heterocycles. The molecule has 0 bridgehead atoms. The van der Waals surface area contributed by atoms with E-state index in [0.717, 1.165) is 9.45 Å². The van der Waals surface area contributed by atoms with E-state index in [-0.39, 0.29) is 26.3 Å². The summed E-state index contributed by atoms with van der Waals surface area (Å²) in [4.78, 5) is 9.43. The number of imidazole rings is 2. The average Bonchev–Trinajstić information content (AvgIpc) is 3.28. The molecule has 0 radical (unpaired) electrons. The van der Waals surface area contributed by atoms with Crippen LogP contribution >= 0.6 is 0 Å². The van der Waals surface area contributed by atoms with Crippen molar-refractivity contribution in [3.05, 3.63) is 82.4 Å². The van der Waals surface area contributed by atoms with Crippen molar-refractivity contribution >= 4 is 35.7 Å². The Morgan fingerprint density at radius 3 is 1.23 bits per heavy atom. The van der Waals surface area contributed by atoms with Gasteiger partial charge in [-0.05, 0) is 0 Å². The van der Waals surface area contributed by atoms with Gasteiger partial charge in [-0.15, -0.1) is 0 Å². The molecule has 0 atom stereocenters. The summed E-state index contributed by atoms with van der Waals surface area (Å²) in [7, 11) is 0. The molecule has 0 aliphatic heterocycles. The molecule has 0 aliphatic carbocycles. The van der Waals surface area contributed by atoms with Crippen LogP contribution in [0.2, 0.25) is 0 Å². The molecule has 0 saturated carbocycles. The second kappa shape index (κ2) is 8.56. The van der Waals surface area contributed by atoms with Gasteiger partial charge in [-0.1, -0.05) is 0 Å². The number of hydrogen-bond acceptors (Lipinski definition) is 2. The van der Waals surface area contributed by atoms with Crippen molar-refractivity contribution in [1.82, 2.24) is 19.1 Å². The standard InChI is InChI=1S/C24H26N4Se2/c1-15-11-17(3)21(18(4)12-15)27-9-7-25-23(27)29-30-24-26-8-10-28(24)22-19(5)13-16(2)14-20(22)6/h7-14H,1-6H3. The third kappa shape index (κ3) is 4.06. The maximum absolute atomic E-state index is 4.72. The van der Waals surface area contributed by atoms with Crippen molar-refractivity contribution in [1.29, 1.82) is 0 Å². The van der Waals surface area contributed by atoms with Gasteiger partial charge in [0.15, 0.2) is 0 Å².